The largest absolute Gasteiger partial charge is 0.330 e. The standard InChI is InChI=1S/C15H14Cl2FN3O/c1-21-13(8-3-5-11(19)12(8)14(21)17)15(22)20-7-2-4-10(18)9(16)6-7/h2,4,6,11H,3,5,19H2,1H3,(H,20,22)/t11-/m0/s1. The Morgan fingerprint density at radius 1 is 1.45 bits per heavy atom. The van der Waals surface area contributed by atoms with E-state index >= 15 is 0 Å². The minimum Gasteiger partial charge on any atom is -0.330 e. The number of benzene rings is 1. The number of nitrogens with one attached hydrogen (secondary N) is 1. The molecule has 7 heteroatoms. The van der Waals surface area contributed by atoms with Gasteiger partial charge < -0.3 is 15.6 Å². The number of fused-ring (bicyclic) bond motifs is 1. The highest BCUT2D eigenvalue weighted by atomic mass is 35.5. The van der Waals surface area contributed by atoms with Gasteiger partial charge in [-0.2, -0.15) is 0 Å². The lowest BCUT2D eigenvalue weighted by Gasteiger charge is -2.09. The first-order chi connectivity index (χ1) is 10.4. The summed E-state index contributed by atoms with van der Waals surface area (Å²) in [6, 6.07) is 3.88. The number of nitrogens with zero attached hydrogens (tertiary/aromatic N) is 1. The number of hydrogen-bond acceptors (Lipinski definition) is 2. The second-order valence-electron chi connectivity index (χ2n) is 5.32. The minimum absolute atomic E-state index is 0.0463. The van der Waals surface area contributed by atoms with E-state index in [1.807, 2.05) is 0 Å². The molecular formula is C15H14Cl2FN3O. The number of rotatable bonds is 2. The predicted octanol–water partition coefficient (Wildman–Crippen LogP) is 3.67. The van der Waals surface area contributed by atoms with Gasteiger partial charge in [0.05, 0.1) is 5.02 Å². The summed E-state index contributed by atoms with van der Waals surface area (Å²) in [6.07, 6.45) is 1.48. The second kappa shape index (κ2) is 5.57. The molecule has 22 heavy (non-hydrogen) atoms. The van der Waals surface area contributed by atoms with Crippen LogP contribution in [0.1, 0.15) is 34.1 Å². The molecule has 1 aromatic carbocycles. The van der Waals surface area contributed by atoms with Crippen molar-refractivity contribution in [1.82, 2.24) is 4.57 Å². The normalized spacial score (nSPS) is 16.7. The number of anilines is 1. The first-order valence-electron chi connectivity index (χ1n) is 6.79. The first-order valence-corrected chi connectivity index (χ1v) is 7.54. The Labute approximate surface area is 137 Å². The van der Waals surface area contributed by atoms with Crippen LogP contribution < -0.4 is 11.1 Å². The van der Waals surface area contributed by atoms with Crippen molar-refractivity contribution in [3.8, 4) is 0 Å². The molecule has 0 saturated carbocycles. The lowest BCUT2D eigenvalue weighted by atomic mass is 10.1. The van der Waals surface area contributed by atoms with Gasteiger partial charge in [0.25, 0.3) is 5.91 Å². The lowest BCUT2D eigenvalue weighted by Crippen LogP contribution is -2.17. The van der Waals surface area contributed by atoms with Crippen molar-refractivity contribution >= 4 is 34.8 Å². The van der Waals surface area contributed by atoms with Gasteiger partial charge in [0.2, 0.25) is 0 Å². The maximum Gasteiger partial charge on any atom is 0.272 e. The van der Waals surface area contributed by atoms with E-state index in [0.717, 1.165) is 17.5 Å². The highest BCUT2D eigenvalue weighted by Crippen LogP contribution is 2.39. The molecule has 2 aromatic rings. The van der Waals surface area contributed by atoms with Gasteiger partial charge in [0.15, 0.2) is 0 Å². The van der Waals surface area contributed by atoms with E-state index in [-0.39, 0.29) is 17.0 Å². The third kappa shape index (κ3) is 2.39. The molecule has 116 valence electrons. The molecule has 0 bridgehead atoms. The monoisotopic (exact) mass is 341 g/mol. The van der Waals surface area contributed by atoms with Gasteiger partial charge in [0, 0.05) is 24.3 Å². The summed E-state index contributed by atoms with van der Waals surface area (Å²) in [6.45, 7) is 0. The average molecular weight is 342 g/mol. The van der Waals surface area contributed by atoms with Gasteiger partial charge in [0.1, 0.15) is 16.7 Å². The molecule has 1 aromatic heterocycles. The molecule has 4 nitrogen and oxygen atoms in total. The van der Waals surface area contributed by atoms with Gasteiger partial charge >= 0.3 is 0 Å². The van der Waals surface area contributed by atoms with Crippen LogP contribution >= 0.6 is 23.2 Å². The molecule has 1 aliphatic rings. The number of carbonyl (C=O) groups is 1. The Bertz CT molecular complexity index is 773. The molecule has 1 amide bonds. The van der Waals surface area contributed by atoms with Crippen molar-refractivity contribution in [3.05, 3.63) is 51.0 Å². The molecule has 3 N–H and O–H groups in total. The van der Waals surface area contributed by atoms with Gasteiger partial charge in [-0.15, -0.1) is 0 Å². The summed E-state index contributed by atoms with van der Waals surface area (Å²) in [7, 11) is 1.72. The molecule has 0 spiro atoms. The van der Waals surface area contributed by atoms with Crippen molar-refractivity contribution in [1.29, 1.82) is 0 Å². The molecule has 1 heterocycles. The van der Waals surface area contributed by atoms with Crippen LogP contribution in [-0.2, 0) is 13.5 Å². The summed E-state index contributed by atoms with van der Waals surface area (Å²) in [5.74, 6) is -0.851. The lowest BCUT2D eigenvalue weighted by molar-refractivity contribution is 0.101. The first kappa shape index (κ1) is 15.3. The third-order valence-electron chi connectivity index (χ3n) is 3.93. The fraction of sp³-hybridized carbons (Fsp3) is 0.267. The fourth-order valence-electron chi connectivity index (χ4n) is 2.86. The van der Waals surface area contributed by atoms with E-state index in [1.165, 1.54) is 18.2 Å². The summed E-state index contributed by atoms with van der Waals surface area (Å²) in [5, 5.41) is 3.16. The Balaban J connectivity index is 1.95. The topological polar surface area (TPSA) is 60.0 Å². The molecule has 3 rings (SSSR count). The number of halogens is 3. The Hall–Kier alpha value is -1.56. The van der Waals surface area contributed by atoms with E-state index in [4.69, 9.17) is 28.9 Å². The Kier molecular flexibility index (Phi) is 3.89. The summed E-state index contributed by atoms with van der Waals surface area (Å²) >= 11 is 12.0. The molecule has 1 aliphatic carbocycles. The van der Waals surface area contributed by atoms with Crippen molar-refractivity contribution in [2.24, 2.45) is 12.8 Å². The molecule has 1 atom stereocenters. The second-order valence-corrected chi connectivity index (χ2v) is 6.08. The summed E-state index contributed by atoms with van der Waals surface area (Å²) in [5.41, 5.74) is 8.65. The third-order valence-corrected chi connectivity index (χ3v) is 4.68. The zero-order chi connectivity index (χ0) is 16.0. The van der Waals surface area contributed by atoms with Gasteiger partial charge in [-0.1, -0.05) is 23.2 Å². The van der Waals surface area contributed by atoms with Crippen LogP contribution in [0.3, 0.4) is 0 Å². The number of amides is 1. The maximum absolute atomic E-state index is 13.2. The maximum atomic E-state index is 13.2. The van der Waals surface area contributed by atoms with Gasteiger partial charge in [-0.05, 0) is 36.6 Å². The van der Waals surface area contributed by atoms with Crippen molar-refractivity contribution < 1.29 is 9.18 Å². The van der Waals surface area contributed by atoms with E-state index < -0.39 is 5.82 Å². The highest BCUT2D eigenvalue weighted by Gasteiger charge is 2.32. The number of hydrogen-bond donors (Lipinski definition) is 2. The van der Waals surface area contributed by atoms with E-state index in [9.17, 15) is 9.18 Å². The van der Waals surface area contributed by atoms with Crippen LogP contribution in [0, 0.1) is 5.82 Å². The average Bonchev–Trinajstić information content (AvgIpc) is 2.95. The Morgan fingerprint density at radius 2 is 2.18 bits per heavy atom. The van der Waals surface area contributed by atoms with Crippen LogP contribution in [0.5, 0.6) is 0 Å². The molecular weight excluding hydrogens is 328 g/mol. The van der Waals surface area contributed by atoms with Crippen molar-refractivity contribution in [3.63, 3.8) is 0 Å². The van der Waals surface area contributed by atoms with Crippen molar-refractivity contribution in [2.75, 3.05) is 5.32 Å². The fourth-order valence-corrected chi connectivity index (χ4v) is 3.38. The molecule has 0 fully saturated rings. The predicted molar refractivity (Wildman–Crippen MR) is 85.0 cm³/mol. The number of carbonyl (C=O) groups excluding carboxylic acids is 1. The van der Waals surface area contributed by atoms with E-state index in [1.54, 1.807) is 11.6 Å². The summed E-state index contributed by atoms with van der Waals surface area (Å²) in [4.78, 5) is 12.5. The smallest absolute Gasteiger partial charge is 0.272 e. The van der Waals surface area contributed by atoms with Gasteiger partial charge in [-0.25, -0.2) is 4.39 Å². The van der Waals surface area contributed by atoms with Crippen LogP contribution in [0.25, 0.3) is 0 Å². The highest BCUT2D eigenvalue weighted by molar-refractivity contribution is 6.31. The molecule has 0 aliphatic heterocycles. The zero-order valence-electron chi connectivity index (χ0n) is 11.8. The van der Waals surface area contributed by atoms with Gasteiger partial charge in [-0.3, -0.25) is 4.79 Å². The van der Waals surface area contributed by atoms with Crippen LogP contribution in [0.15, 0.2) is 18.2 Å². The zero-order valence-corrected chi connectivity index (χ0v) is 13.3. The molecule has 0 radical (unpaired) electrons. The number of aromatic nitrogens is 1. The van der Waals surface area contributed by atoms with Crippen LogP contribution in [0.2, 0.25) is 10.2 Å². The Morgan fingerprint density at radius 3 is 2.86 bits per heavy atom. The molecule has 0 saturated heterocycles. The molecule has 0 unspecified atom stereocenters. The quantitative estimate of drug-likeness (QED) is 0.875. The van der Waals surface area contributed by atoms with Crippen molar-refractivity contribution in [2.45, 2.75) is 18.9 Å². The van der Waals surface area contributed by atoms with Crippen LogP contribution in [0.4, 0.5) is 10.1 Å². The van der Waals surface area contributed by atoms with E-state index in [2.05, 4.69) is 5.32 Å². The minimum atomic E-state index is -0.534. The summed E-state index contributed by atoms with van der Waals surface area (Å²) < 4.78 is 14.8. The van der Waals surface area contributed by atoms with E-state index in [0.29, 0.717) is 23.0 Å². The SMILES string of the molecule is Cn1c(Cl)c2c(c1C(=O)Nc1ccc(F)c(Cl)c1)CC[C@@H]2N. The van der Waals surface area contributed by atoms with Crippen LogP contribution in [-0.4, -0.2) is 10.5 Å². The number of nitrogens with two attached hydrogens (primary N) is 1.